The molecule has 0 atom stereocenters. The molecule has 78 valence electrons. The fourth-order valence-corrected chi connectivity index (χ4v) is 1.88. The van der Waals surface area contributed by atoms with Crippen LogP contribution in [0, 0.1) is 0 Å². The maximum absolute atomic E-state index is 5.59. The standard InChI is InChI=1S/C11H24OSi/c1-4-5-6-7-8-9-10-11-12-13(2)3/h4,13H,1,5-11H2,2-3H3. The molecular formula is C11H24OSi. The van der Waals surface area contributed by atoms with Gasteiger partial charge in [-0.15, -0.1) is 6.58 Å². The van der Waals surface area contributed by atoms with Crippen LogP contribution in [0.5, 0.6) is 0 Å². The summed E-state index contributed by atoms with van der Waals surface area (Å²) in [6, 6.07) is 0. The van der Waals surface area contributed by atoms with Gasteiger partial charge < -0.3 is 4.43 Å². The van der Waals surface area contributed by atoms with Crippen molar-refractivity contribution in [3.63, 3.8) is 0 Å². The second-order valence-electron chi connectivity index (χ2n) is 3.76. The maximum atomic E-state index is 5.59. The first-order valence-electron chi connectivity index (χ1n) is 5.50. The third-order valence-electron chi connectivity index (χ3n) is 2.00. The lowest BCUT2D eigenvalue weighted by Crippen LogP contribution is -2.08. The monoisotopic (exact) mass is 200 g/mol. The highest BCUT2D eigenvalue weighted by Gasteiger charge is 1.94. The summed E-state index contributed by atoms with van der Waals surface area (Å²) in [5, 5.41) is 0. The Bertz CT molecular complexity index is 113. The third kappa shape index (κ3) is 11.9. The fraction of sp³-hybridized carbons (Fsp3) is 0.818. The smallest absolute Gasteiger partial charge is 0.170 e. The van der Waals surface area contributed by atoms with Gasteiger partial charge in [-0.2, -0.15) is 0 Å². The molecule has 0 rings (SSSR count). The molecule has 0 aromatic rings. The Morgan fingerprint density at radius 1 is 1.08 bits per heavy atom. The SMILES string of the molecule is C=CCCCCCCCO[SiH](C)C. The Hall–Kier alpha value is -0.0831. The zero-order chi connectivity index (χ0) is 9.94. The summed E-state index contributed by atoms with van der Waals surface area (Å²) >= 11 is 0. The summed E-state index contributed by atoms with van der Waals surface area (Å²) in [5.41, 5.74) is 0. The summed E-state index contributed by atoms with van der Waals surface area (Å²) in [6.45, 7) is 9.16. The van der Waals surface area contributed by atoms with Gasteiger partial charge in [-0.25, -0.2) is 0 Å². The van der Waals surface area contributed by atoms with E-state index in [2.05, 4.69) is 19.7 Å². The number of unbranched alkanes of at least 4 members (excludes halogenated alkanes) is 5. The largest absolute Gasteiger partial charge is 0.421 e. The average molecular weight is 200 g/mol. The molecule has 0 aromatic carbocycles. The van der Waals surface area contributed by atoms with Crippen LogP contribution in [0.4, 0.5) is 0 Å². The summed E-state index contributed by atoms with van der Waals surface area (Å²) < 4.78 is 5.59. The van der Waals surface area contributed by atoms with Crippen molar-refractivity contribution in [2.75, 3.05) is 6.61 Å². The highest BCUT2D eigenvalue weighted by molar-refractivity contribution is 6.48. The highest BCUT2D eigenvalue weighted by atomic mass is 28.3. The molecule has 0 fully saturated rings. The molecule has 0 radical (unpaired) electrons. The molecule has 13 heavy (non-hydrogen) atoms. The Labute approximate surface area is 84.9 Å². The minimum Gasteiger partial charge on any atom is -0.421 e. The molecule has 0 aliphatic heterocycles. The van der Waals surface area contributed by atoms with Crippen molar-refractivity contribution in [2.45, 2.75) is 51.6 Å². The summed E-state index contributed by atoms with van der Waals surface area (Å²) in [4.78, 5) is 0. The molecule has 0 aliphatic rings. The van der Waals surface area contributed by atoms with Crippen LogP contribution < -0.4 is 0 Å². The molecule has 0 amide bonds. The van der Waals surface area contributed by atoms with Gasteiger partial charge >= 0.3 is 0 Å². The van der Waals surface area contributed by atoms with Gasteiger partial charge in [0.05, 0.1) is 0 Å². The summed E-state index contributed by atoms with van der Waals surface area (Å²) in [6.07, 6.45) is 9.78. The third-order valence-corrected chi connectivity index (χ3v) is 2.91. The Kier molecular flexibility index (Phi) is 9.94. The topological polar surface area (TPSA) is 9.23 Å². The quantitative estimate of drug-likeness (QED) is 0.314. The zero-order valence-electron chi connectivity index (χ0n) is 9.22. The Morgan fingerprint density at radius 2 is 1.69 bits per heavy atom. The van der Waals surface area contributed by atoms with Crippen LogP contribution >= 0.6 is 0 Å². The van der Waals surface area contributed by atoms with Gasteiger partial charge in [0.25, 0.3) is 0 Å². The molecule has 0 spiro atoms. The van der Waals surface area contributed by atoms with E-state index in [0.717, 1.165) is 6.61 Å². The lowest BCUT2D eigenvalue weighted by molar-refractivity contribution is 0.312. The van der Waals surface area contributed by atoms with Crippen LogP contribution in [-0.4, -0.2) is 15.6 Å². The minimum atomic E-state index is -0.754. The molecule has 0 bridgehead atoms. The van der Waals surface area contributed by atoms with Crippen LogP contribution in [-0.2, 0) is 4.43 Å². The van der Waals surface area contributed by atoms with E-state index in [1.165, 1.54) is 38.5 Å². The number of allylic oxidation sites excluding steroid dienone is 1. The Morgan fingerprint density at radius 3 is 2.31 bits per heavy atom. The fourth-order valence-electron chi connectivity index (χ4n) is 1.24. The van der Waals surface area contributed by atoms with E-state index < -0.39 is 9.04 Å². The molecule has 2 heteroatoms. The first-order valence-corrected chi connectivity index (χ1v) is 8.28. The van der Waals surface area contributed by atoms with E-state index in [0.29, 0.717) is 0 Å². The predicted molar refractivity (Wildman–Crippen MR) is 62.7 cm³/mol. The van der Waals surface area contributed by atoms with Crippen LogP contribution in [0.3, 0.4) is 0 Å². The van der Waals surface area contributed by atoms with Crippen LogP contribution in [0.2, 0.25) is 13.1 Å². The maximum Gasteiger partial charge on any atom is 0.170 e. The molecule has 0 saturated heterocycles. The minimum absolute atomic E-state index is 0.754. The van der Waals surface area contributed by atoms with Crippen molar-refractivity contribution < 1.29 is 4.43 Å². The highest BCUT2D eigenvalue weighted by Crippen LogP contribution is 2.05. The lowest BCUT2D eigenvalue weighted by Gasteiger charge is -2.05. The van der Waals surface area contributed by atoms with Crippen molar-refractivity contribution in [2.24, 2.45) is 0 Å². The summed E-state index contributed by atoms with van der Waals surface area (Å²) in [7, 11) is -0.754. The van der Waals surface area contributed by atoms with E-state index in [-0.39, 0.29) is 0 Å². The van der Waals surface area contributed by atoms with E-state index in [9.17, 15) is 0 Å². The van der Waals surface area contributed by atoms with Crippen LogP contribution in [0.1, 0.15) is 38.5 Å². The molecule has 0 heterocycles. The average Bonchev–Trinajstić information content (AvgIpc) is 2.09. The van der Waals surface area contributed by atoms with Gasteiger partial charge in [0.2, 0.25) is 0 Å². The van der Waals surface area contributed by atoms with E-state index in [1.807, 2.05) is 6.08 Å². The molecule has 0 N–H and O–H groups in total. The van der Waals surface area contributed by atoms with Crippen molar-refractivity contribution in [3.05, 3.63) is 12.7 Å². The second-order valence-corrected chi connectivity index (χ2v) is 6.20. The van der Waals surface area contributed by atoms with Crippen LogP contribution in [0.15, 0.2) is 12.7 Å². The summed E-state index contributed by atoms with van der Waals surface area (Å²) in [5.74, 6) is 0. The number of hydrogen-bond donors (Lipinski definition) is 0. The molecule has 0 unspecified atom stereocenters. The Balaban J connectivity index is 2.87. The molecular weight excluding hydrogens is 176 g/mol. The predicted octanol–water partition coefficient (Wildman–Crippen LogP) is 3.51. The normalized spacial score (nSPS) is 10.7. The van der Waals surface area contributed by atoms with Gasteiger partial charge in [0.15, 0.2) is 9.04 Å². The lowest BCUT2D eigenvalue weighted by atomic mass is 10.1. The zero-order valence-corrected chi connectivity index (χ0v) is 10.4. The second kappa shape index (κ2) is 10.0. The molecule has 0 aliphatic carbocycles. The number of rotatable bonds is 9. The van der Waals surface area contributed by atoms with Gasteiger partial charge in [-0.3, -0.25) is 0 Å². The number of hydrogen-bond acceptors (Lipinski definition) is 1. The van der Waals surface area contributed by atoms with E-state index in [4.69, 9.17) is 4.43 Å². The van der Waals surface area contributed by atoms with E-state index >= 15 is 0 Å². The van der Waals surface area contributed by atoms with Crippen LogP contribution in [0.25, 0.3) is 0 Å². The first kappa shape index (κ1) is 12.9. The van der Waals surface area contributed by atoms with Gasteiger partial charge in [-0.1, -0.05) is 25.3 Å². The van der Waals surface area contributed by atoms with Crippen molar-refractivity contribution in [1.29, 1.82) is 0 Å². The van der Waals surface area contributed by atoms with Gasteiger partial charge in [0.1, 0.15) is 0 Å². The van der Waals surface area contributed by atoms with Crippen molar-refractivity contribution >= 4 is 9.04 Å². The van der Waals surface area contributed by atoms with Crippen molar-refractivity contribution in [1.82, 2.24) is 0 Å². The van der Waals surface area contributed by atoms with Gasteiger partial charge in [0, 0.05) is 6.61 Å². The van der Waals surface area contributed by atoms with E-state index in [1.54, 1.807) is 0 Å². The molecule has 1 nitrogen and oxygen atoms in total. The molecule has 0 saturated carbocycles. The molecule has 0 aromatic heterocycles. The van der Waals surface area contributed by atoms with Crippen molar-refractivity contribution in [3.8, 4) is 0 Å². The van der Waals surface area contributed by atoms with Gasteiger partial charge in [-0.05, 0) is 32.4 Å². The first-order chi connectivity index (χ1) is 6.27.